The number of esters is 1. The molecule has 0 aromatic heterocycles. The number of carbonyl (C=O) groups is 1. The third-order valence-electron chi connectivity index (χ3n) is 5.44. The second-order valence-corrected chi connectivity index (χ2v) is 7.42. The van der Waals surface area contributed by atoms with Gasteiger partial charge in [0.05, 0.1) is 12.6 Å². The Morgan fingerprint density at radius 3 is 2.77 bits per heavy atom. The van der Waals surface area contributed by atoms with Gasteiger partial charge in [-0.15, -0.1) is 0 Å². The number of rotatable bonds is 7. The molecule has 1 saturated carbocycles. The average Bonchev–Trinajstić information content (AvgIpc) is 3.40. The van der Waals surface area contributed by atoms with Crippen molar-refractivity contribution in [3.05, 3.63) is 40.3 Å². The summed E-state index contributed by atoms with van der Waals surface area (Å²) in [5, 5.41) is 3.40. The van der Waals surface area contributed by atoms with Gasteiger partial charge >= 0.3 is 5.97 Å². The molecule has 1 aromatic carbocycles. The highest BCUT2D eigenvalue weighted by atomic mass is 16.6. The van der Waals surface area contributed by atoms with Crippen molar-refractivity contribution in [3.8, 4) is 28.5 Å². The first-order chi connectivity index (χ1) is 14.6. The Morgan fingerprint density at radius 1 is 1.23 bits per heavy atom. The van der Waals surface area contributed by atoms with Crippen molar-refractivity contribution in [2.75, 3.05) is 13.2 Å². The SMILES string of the molecule is CCOC(=O)COc1cccc(-c2nc3n(C4CCCC4)[nH]c(CC)c-3c(=O)n2)c1. The average molecular weight is 410 g/mol. The van der Waals surface area contributed by atoms with Crippen molar-refractivity contribution in [2.45, 2.75) is 52.0 Å². The van der Waals surface area contributed by atoms with Gasteiger partial charge in [-0.1, -0.05) is 31.9 Å². The number of nitrogens with zero attached hydrogens (tertiary/aromatic N) is 3. The summed E-state index contributed by atoms with van der Waals surface area (Å²) >= 11 is 0. The molecule has 8 nitrogen and oxygen atoms in total. The minimum Gasteiger partial charge on any atom is -0.482 e. The van der Waals surface area contributed by atoms with E-state index in [9.17, 15) is 9.59 Å². The van der Waals surface area contributed by atoms with E-state index >= 15 is 0 Å². The molecule has 1 aromatic rings. The number of ether oxygens (including phenoxy) is 2. The first-order valence-corrected chi connectivity index (χ1v) is 10.5. The van der Waals surface area contributed by atoms with E-state index < -0.39 is 5.97 Å². The zero-order chi connectivity index (χ0) is 21.1. The first kappa shape index (κ1) is 20.1. The van der Waals surface area contributed by atoms with E-state index in [1.807, 2.05) is 13.0 Å². The van der Waals surface area contributed by atoms with Gasteiger partial charge in [0.25, 0.3) is 5.56 Å². The lowest BCUT2D eigenvalue weighted by Crippen LogP contribution is -2.17. The Kier molecular flexibility index (Phi) is 5.83. The van der Waals surface area contributed by atoms with Crippen LogP contribution in [-0.2, 0) is 16.0 Å². The summed E-state index contributed by atoms with van der Waals surface area (Å²) < 4.78 is 12.4. The molecule has 0 spiro atoms. The maximum absolute atomic E-state index is 12.9. The van der Waals surface area contributed by atoms with E-state index in [1.165, 1.54) is 12.8 Å². The monoisotopic (exact) mass is 410 g/mol. The quantitative estimate of drug-likeness (QED) is 0.600. The Bertz CT molecular complexity index is 1070. The molecule has 2 aliphatic heterocycles. The van der Waals surface area contributed by atoms with Gasteiger partial charge in [0, 0.05) is 11.3 Å². The van der Waals surface area contributed by atoms with Gasteiger partial charge in [-0.05, 0) is 38.3 Å². The fourth-order valence-electron chi connectivity index (χ4n) is 4.00. The number of nitrogens with one attached hydrogen (secondary N) is 1. The molecule has 3 aliphatic rings. The van der Waals surface area contributed by atoms with E-state index in [4.69, 9.17) is 14.5 Å². The van der Waals surface area contributed by atoms with Gasteiger partial charge in [-0.3, -0.25) is 14.6 Å². The van der Waals surface area contributed by atoms with Gasteiger partial charge in [0.2, 0.25) is 0 Å². The Morgan fingerprint density at radius 2 is 2.03 bits per heavy atom. The smallest absolute Gasteiger partial charge is 0.344 e. The molecule has 0 amide bonds. The van der Waals surface area contributed by atoms with E-state index in [0.29, 0.717) is 47.6 Å². The normalized spacial score (nSPS) is 14.3. The van der Waals surface area contributed by atoms with Crippen LogP contribution in [0.1, 0.15) is 51.3 Å². The Balaban J connectivity index is 1.70. The Hall–Kier alpha value is -3.16. The number of hydrogen-bond donors (Lipinski definition) is 1. The van der Waals surface area contributed by atoms with Crippen molar-refractivity contribution >= 4 is 5.97 Å². The maximum atomic E-state index is 12.9. The molecule has 1 fully saturated rings. The lowest BCUT2D eigenvalue weighted by Gasteiger charge is -2.14. The highest BCUT2D eigenvalue weighted by Crippen LogP contribution is 2.34. The summed E-state index contributed by atoms with van der Waals surface area (Å²) in [7, 11) is 0. The van der Waals surface area contributed by atoms with Crippen LogP contribution < -0.4 is 10.3 Å². The standard InChI is InChI=1S/C22H26N4O4/c1-3-17-19-21(26(25-17)15-9-5-6-10-15)23-20(24-22(19)28)14-8-7-11-16(12-14)30-13-18(27)29-4-2/h7-8,11-12,15,25H,3-6,9-10,13H2,1-2H3. The molecule has 4 rings (SSSR count). The second kappa shape index (κ2) is 8.69. The molecule has 0 unspecified atom stereocenters. The minimum absolute atomic E-state index is 0.177. The van der Waals surface area contributed by atoms with Crippen molar-refractivity contribution in [1.29, 1.82) is 0 Å². The van der Waals surface area contributed by atoms with Crippen LogP contribution >= 0.6 is 0 Å². The minimum atomic E-state index is -0.431. The number of H-pyrrole nitrogens is 1. The molecule has 1 aliphatic carbocycles. The first-order valence-electron chi connectivity index (χ1n) is 10.5. The zero-order valence-electron chi connectivity index (χ0n) is 17.3. The molecular weight excluding hydrogens is 384 g/mol. The summed E-state index contributed by atoms with van der Waals surface area (Å²) in [5.74, 6) is 1.07. The van der Waals surface area contributed by atoms with Crippen LogP contribution in [0.25, 0.3) is 22.8 Å². The van der Waals surface area contributed by atoms with Crippen LogP contribution in [-0.4, -0.2) is 38.9 Å². The Labute approximate surface area is 174 Å². The highest BCUT2D eigenvalue weighted by Gasteiger charge is 2.27. The predicted octanol–water partition coefficient (Wildman–Crippen LogP) is 3.36. The molecule has 0 saturated heterocycles. The molecule has 0 bridgehead atoms. The molecule has 1 N–H and O–H groups in total. The van der Waals surface area contributed by atoms with E-state index in [0.717, 1.165) is 18.5 Å². The topological polar surface area (TPSA) is 99.1 Å². The van der Waals surface area contributed by atoms with Crippen molar-refractivity contribution in [1.82, 2.24) is 19.7 Å². The molecule has 0 radical (unpaired) electrons. The molecule has 8 heteroatoms. The van der Waals surface area contributed by atoms with Crippen LogP contribution in [0, 0.1) is 0 Å². The van der Waals surface area contributed by atoms with Crippen LogP contribution in [0.2, 0.25) is 0 Å². The van der Waals surface area contributed by atoms with Crippen molar-refractivity contribution in [3.63, 3.8) is 0 Å². The van der Waals surface area contributed by atoms with Crippen LogP contribution in [0.3, 0.4) is 0 Å². The molecule has 0 atom stereocenters. The third-order valence-corrected chi connectivity index (χ3v) is 5.44. The highest BCUT2D eigenvalue weighted by molar-refractivity contribution is 5.71. The van der Waals surface area contributed by atoms with Gasteiger partial charge < -0.3 is 9.47 Å². The van der Waals surface area contributed by atoms with Gasteiger partial charge in [-0.2, -0.15) is 4.98 Å². The number of aryl methyl sites for hydroxylation is 1. The van der Waals surface area contributed by atoms with Crippen LogP contribution in [0.15, 0.2) is 29.1 Å². The van der Waals surface area contributed by atoms with Gasteiger partial charge in [0.15, 0.2) is 18.3 Å². The number of benzene rings is 1. The van der Waals surface area contributed by atoms with E-state index in [-0.39, 0.29) is 12.2 Å². The van der Waals surface area contributed by atoms with Gasteiger partial charge in [0.1, 0.15) is 11.3 Å². The van der Waals surface area contributed by atoms with Crippen LogP contribution in [0.5, 0.6) is 5.75 Å². The lowest BCUT2D eigenvalue weighted by atomic mass is 10.1. The van der Waals surface area contributed by atoms with E-state index in [2.05, 4.69) is 14.8 Å². The largest absolute Gasteiger partial charge is 0.482 e. The van der Waals surface area contributed by atoms with E-state index in [1.54, 1.807) is 25.1 Å². The number of fused-ring (bicyclic) bond motifs is 1. The van der Waals surface area contributed by atoms with Crippen molar-refractivity contribution in [2.24, 2.45) is 0 Å². The maximum Gasteiger partial charge on any atom is 0.344 e. The molecule has 30 heavy (non-hydrogen) atoms. The summed E-state index contributed by atoms with van der Waals surface area (Å²) in [6, 6.07) is 7.41. The third kappa shape index (κ3) is 3.94. The lowest BCUT2D eigenvalue weighted by molar-refractivity contribution is -0.145. The predicted molar refractivity (Wildman–Crippen MR) is 112 cm³/mol. The van der Waals surface area contributed by atoms with Gasteiger partial charge in [-0.25, -0.2) is 9.78 Å². The fraction of sp³-hybridized carbons (Fsp3) is 0.455. The molecule has 2 heterocycles. The number of hydrogen-bond acceptors (Lipinski definition) is 6. The zero-order valence-corrected chi connectivity index (χ0v) is 17.3. The second-order valence-electron chi connectivity index (χ2n) is 7.42. The summed E-state index contributed by atoms with van der Waals surface area (Å²) in [5.41, 5.74) is 1.83. The number of aromatic nitrogens is 4. The van der Waals surface area contributed by atoms with Crippen LogP contribution in [0.4, 0.5) is 0 Å². The van der Waals surface area contributed by atoms with Crippen molar-refractivity contribution < 1.29 is 14.3 Å². The molecule has 158 valence electrons. The summed E-state index contributed by atoms with van der Waals surface area (Å²) in [6.45, 7) is 3.89. The fourth-order valence-corrected chi connectivity index (χ4v) is 4.00. The summed E-state index contributed by atoms with van der Waals surface area (Å²) in [4.78, 5) is 33.4. The molecular formula is C22H26N4O4. The number of carbonyl (C=O) groups excluding carboxylic acids is 1. The number of aromatic amines is 1. The summed E-state index contributed by atoms with van der Waals surface area (Å²) in [6.07, 6.45) is 5.23.